The lowest BCUT2D eigenvalue weighted by Gasteiger charge is -2.35. The van der Waals surface area contributed by atoms with Crippen LogP contribution in [0.5, 0.6) is 0 Å². The molecule has 0 N–H and O–H groups in total. The van der Waals surface area contributed by atoms with Crippen LogP contribution in [0.4, 0.5) is 0 Å². The van der Waals surface area contributed by atoms with Gasteiger partial charge in [0.25, 0.3) is 0 Å². The van der Waals surface area contributed by atoms with Crippen LogP contribution in [0.3, 0.4) is 0 Å². The average Bonchev–Trinajstić information content (AvgIpc) is 3.54. The molecule has 198 valence electrons. The zero-order valence-electron chi connectivity index (χ0n) is 22.0. The van der Waals surface area contributed by atoms with Crippen molar-refractivity contribution in [1.82, 2.24) is 34.4 Å². The van der Waals surface area contributed by atoms with Crippen molar-refractivity contribution in [3.05, 3.63) is 65.8 Å². The summed E-state index contributed by atoms with van der Waals surface area (Å²) >= 11 is 0. The Bertz CT molecular complexity index is 1150. The number of benzene rings is 1. The first-order chi connectivity index (χ1) is 17.9. The first kappa shape index (κ1) is 26.5. The summed E-state index contributed by atoms with van der Waals surface area (Å²) in [7, 11) is 0. The highest BCUT2D eigenvalue weighted by atomic mass is 16.5. The lowest BCUT2D eigenvalue weighted by Crippen LogP contribution is -2.50. The van der Waals surface area contributed by atoms with Gasteiger partial charge in [-0.25, -0.2) is 4.98 Å². The third-order valence-corrected chi connectivity index (χ3v) is 6.88. The summed E-state index contributed by atoms with van der Waals surface area (Å²) in [5.41, 5.74) is 1.11. The fourth-order valence-electron chi connectivity index (χ4n) is 4.62. The van der Waals surface area contributed by atoms with E-state index in [9.17, 15) is 9.59 Å². The van der Waals surface area contributed by atoms with E-state index in [4.69, 9.17) is 4.52 Å². The number of imidazole rings is 1. The molecule has 37 heavy (non-hydrogen) atoms. The zero-order valence-corrected chi connectivity index (χ0v) is 22.0. The average molecular weight is 508 g/mol. The number of amides is 2. The molecule has 0 radical (unpaired) electrons. The molecule has 2 aromatic heterocycles. The number of hydrogen-bond donors (Lipinski definition) is 0. The molecule has 0 unspecified atom stereocenters. The van der Waals surface area contributed by atoms with E-state index < -0.39 is 0 Å². The van der Waals surface area contributed by atoms with Crippen molar-refractivity contribution in [3.63, 3.8) is 0 Å². The summed E-state index contributed by atoms with van der Waals surface area (Å²) in [4.78, 5) is 40.4. The molecule has 0 saturated carbocycles. The number of hydrogen-bond acceptors (Lipinski definition) is 7. The molecule has 1 atom stereocenters. The first-order valence-electron chi connectivity index (χ1n) is 13.0. The van der Waals surface area contributed by atoms with Crippen molar-refractivity contribution in [2.75, 3.05) is 32.7 Å². The van der Waals surface area contributed by atoms with Crippen molar-refractivity contribution in [3.8, 4) is 0 Å². The highest BCUT2D eigenvalue weighted by Crippen LogP contribution is 2.13. The molecule has 1 fully saturated rings. The SMILES string of the molecule is CCN(Cc1ccccc1)C(=O)CCc1nc(CN2CCN(C(=O)[C@@H](C)Cn3ccnc3C)CC2)no1. The van der Waals surface area contributed by atoms with Crippen LogP contribution in [0, 0.1) is 12.8 Å². The van der Waals surface area contributed by atoms with Crippen molar-refractivity contribution >= 4 is 11.8 Å². The Kier molecular flexibility index (Phi) is 9.05. The molecule has 10 heteroatoms. The highest BCUT2D eigenvalue weighted by Gasteiger charge is 2.26. The van der Waals surface area contributed by atoms with Crippen LogP contribution in [0.15, 0.2) is 47.2 Å². The molecule has 1 aromatic carbocycles. The van der Waals surface area contributed by atoms with E-state index in [-0.39, 0.29) is 17.7 Å². The molecule has 1 saturated heterocycles. The molecule has 0 bridgehead atoms. The molecule has 3 heterocycles. The Hall–Kier alpha value is -3.53. The zero-order chi connectivity index (χ0) is 26.2. The Morgan fingerprint density at radius 3 is 2.57 bits per heavy atom. The topological polar surface area (TPSA) is 101 Å². The summed E-state index contributed by atoms with van der Waals surface area (Å²) < 4.78 is 7.43. The molecular formula is C27H37N7O3. The standard InChI is InChI=1S/C27H37N7O3/c1-4-32(19-23-8-6-5-7-9-23)26(35)11-10-25-29-24(30-37-25)20-31-14-16-33(17-15-31)27(36)21(2)18-34-13-12-28-22(34)3/h5-9,12-13,21H,4,10-11,14-20H2,1-3H3/t21-/m0/s1. The third kappa shape index (κ3) is 7.25. The van der Waals surface area contributed by atoms with Gasteiger partial charge >= 0.3 is 0 Å². The van der Waals surface area contributed by atoms with Crippen LogP contribution >= 0.6 is 0 Å². The second-order valence-corrected chi connectivity index (χ2v) is 9.63. The molecule has 2 amide bonds. The number of nitrogens with zero attached hydrogens (tertiary/aromatic N) is 7. The second kappa shape index (κ2) is 12.6. The summed E-state index contributed by atoms with van der Waals surface area (Å²) in [6, 6.07) is 9.99. The summed E-state index contributed by atoms with van der Waals surface area (Å²) in [6.45, 7) is 11.2. The fourth-order valence-corrected chi connectivity index (χ4v) is 4.62. The predicted molar refractivity (Wildman–Crippen MR) is 138 cm³/mol. The van der Waals surface area contributed by atoms with Gasteiger partial charge in [-0.05, 0) is 19.4 Å². The van der Waals surface area contributed by atoms with Gasteiger partial charge in [0.1, 0.15) is 5.82 Å². The van der Waals surface area contributed by atoms with Crippen LogP contribution in [-0.4, -0.2) is 78.9 Å². The second-order valence-electron chi connectivity index (χ2n) is 9.63. The molecule has 3 aromatic rings. The van der Waals surface area contributed by atoms with E-state index in [0.29, 0.717) is 63.8 Å². The monoisotopic (exact) mass is 507 g/mol. The van der Waals surface area contributed by atoms with Crippen LogP contribution in [-0.2, 0) is 35.6 Å². The van der Waals surface area contributed by atoms with Gasteiger partial charge in [-0.15, -0.1) is 0 Å². The number of aromatic nitrogens is 4. The highest BCUT2D eigenvalue weighted by molar-refractivity contribution is 5.78. The van der Waals surface area contributed by atoms with E-state index >= 15 is 0 Å². The van der Waals surface area contributed by atoms with Gasteiger partial charge in [-0.1, -0.05) is 42.4 Å². The molecule has 1 aliphatic heterocycles. The van der Waals surface area contributed by atoms with Gasteiger partial charge in [-0.3, -0.25) is 14.5 Å². The maximum atomic E-state index is 12.9. The van der Waals surface area contributed by atoms with Gasteiger partial charge in [0.2, 0.25) is 17.7 Å². The molecule has 4 rings (SSSR count). The molecular weight excluding hydrogens is 470 g/mol. The third-order valence-electron chi connectivity index (χ3n) is 6.88. The Balaban J connectivity index is 1.19. The van der Waals surface area contributed by atoms with Crippen LogP contribution in [0.25, 0.3) is 0 Å². The first-order valence-corrected chi connectivity index (χ1v) is 13.0. The maximum Gasteiger partial charge on any atom is 0.227 e. The maximum absolute atomic E-state index is 12.9. The molecule has 0 spiro atoms. The quantitative estimate of drug-likeness (QED) is 0.393. The minimum atomic E-state index is -0.0988. The summed E-state index contributed by atoms with van der Waals surface area (Å²) in [5.74, 6) is 2.16. The largest absolute Gasteiger partial charge is 0.340 e. The van der Waals surface area contributed by atoms with Gasteiger partial charge < -0.3 is 18.9 Å². The number of aryl methyl sites for hydroxylation is 2. The van der Waals surface area contributed by atoms with Crippen LogP contribution in [0.1, 0.15) is 43.4 Å². The Morgan fingerprint density at radius 1 is 1.14 bits per heavy atom. The van der Waals surface area contributed by atoms with E-state index in [2.05, 4.69) is 20.0 Å². The minimum absolute atomic E-state index is 0.0734. The lowest BCUT2D eigenvalue weighted by molar-refractivity contribution is -0.137. The van der Waals surface area contributed by atoms with E-state index in [1.54, 1.807) is 6.20 Å². The van der Waals surface area contributed by atoms with Gasteiger partial charge in [0.05, 0.1) is 12.5 Å². The van der Waals surface area contributed by atoms with Crippen molar-refractivity contribution < 1.29 is 14.1 Å². The fraction of sp³-hybridized carbons (Fsp3) is 0.519. The molecule has 0 aliphatic carbocycles. The number of rotatable bonds is 11. The summed E-state index contributed by atoms with van der Waals surface area (Å²) in [6.07, 6.45) is 4.43. The van der Waals surface area contributed by atoms with E-state index in [0.717, 1.165) is 24.5 Å². The number of carbonyl (C=O) groups excluding carboxylic acids is 2. The Labute approximate surface area is 218 Å². The summed E-state index contributed by atoms with van der Waals surface area (Å²) in [5, 5.41) is 4.11. The molecule has 1 aliphatic rings. The lowest BCUT2D eigenvalue weighted by atomic mass is 10.1. The van der Waals surface area contributed by atoms with Crippen LogP contribution in [0.2, 0.25) is 0 Å². The van der Waals surface area contributed by atoms with Gasteiger partial charge in [0, 0.05) is 71.0 Å². The minimum Gasteiger partial charge on any atom is -0.340 e. The van der Waals surface area contributed by atoms with Gasteiger partial charge in [-0.2, -0.15) is 4.98 Å². The number of piperazine rings is 1. The number of carbonyl (C=O) groups is 2. The molecule has 10 nitrogen and oxygen atoms in total. The Morgan fingerprint density at radius 2 is 1.89 bits per heavy atom. The van der Waals surface area contributed by atoms with Crippen molar-refractivity contribution in [2.45, 2.75) is 53.2 Å². The van der Waals surface area contributed by atoms with E-state index in [1.807, 2.05) is 71.7 Å². The normalized spacial score (nSPS) is 15.1. The van der Waals surface area contributed by atoms with Crippen molar-refractivity contribution in [1.29, 1.82) is 0 Å². The smallest absolute Gasteiger partial charge is 0.227 e. The van der Waals surface area contributed by atoms with E-state index in [1.165, 1.54) is 0 Å². The van der Waals surface area contributed by atoms with Gasteiger partial charge in [0.15, 0.2) is 5.82 Å². The predicted octanol–water partition coefficient (Wildman–Crippen LogP) is 2.54. The van der Waals surface area contributed by atoms with Crippen LogP contribution < -0.4 is 0 Å². The van der Waals surface area contributed by atoms with Crippen molar-refractivity contribution in [2.24, 2.45) is 5.92 Å².